The maximum atomic E-state index is 12.1. The molecule has 4 rings (SSSR count). The van der Waals surface area contributed by atoms with E-state index in [0.717, 1.165) is 57.9 Å². The Kier molecular flexibility index (Phi) is 61.9. The van der Waals surface area contributed by atoms with Crippen molar-refractivity contribution in [3.05, 3.63) is 120 Å². The number of halogens is 11. The van der Waals surface area contributed by atoms with Crippen molar-refractivity contribution in [3.8, 4) is 5.75 Å². The van der Waals surface area contributed by atoms with E-state index in [-0.39, 0.29) is 25.9 Å². The van der Waals surface area contributed by atoms with Crippen LogP contribution in [0, 0.1) is 42.5 Å². The van der Waals surface area contributed by atoms with Gasteiger partial charge in [0.1, 0.15) is 11.4 Å². The third-order valence-corrected chi connectivity index (χ3v) is 10.9. The Morgan fingerprint density at radius 3 is 1.36 bits per heavy atom. The zero-order valence-electron chi connectivity index (χ0n) is 39.2. The van der Waals surface area contributed by atoms with Gasteiger partial charge in [-0.2, -0.15) is 0 Å². The van der Waals surface area contributed by atoms with Gasteiger partial charge in [-0.05, 0) is 174 Å². The van der Waals surface area contributed by atoms with Gasteiger partial charge in [-0.3, -0.25) is 19.9 Å². The van der Waals surface area contributed by atoms with Crippen LogP contribution >= 0.6 is 202 Å². The summed E-state index contributed by atoms with van der Waals surface area (Å²) in [6.07, 6.45) is 14.0. The molecule has 9 nitrogen and oxygen atoms in total. The molecule has 4 aromatic rings. The minimum absolute atomic E-state index is 0. The molecule has 64 heavy (non-hydrogen) atoms. The number of carbonyl (C=O) groups excluding carboxylic acids is 1. The second-order valence-electron chi connectivity index (χ2n) is 12.3. The van der Waals surface area contributed by atoms with Gasteiger partial charge in [0.15, 0.2) is 0 Å². The second-order valence-corrected chi connectivity index (χ2v) is 65.2. The fourth-order valence-corrected chi connectivity index (χ4v) is 5.67. The summed E-state index contributed by atoms with van der Waals surface area (Å²) in [6, 6.07) is 0. The molecule has 1 amide bonds. The molecule has 4 aromatic heterocycles. The molecule has 0 aliphatic heterocycles. The Morgan fingerprint density at radius 1 is 0.703 bits per heavy atom. The van der Waals surface area contributed by atoms with Crippen LogP contribution in [0.15, 0.2) is 71.9 Å². The first-order valence-electron chi connectivity index (χ1n) is 18.5. The topological polar surface area (TPSA) is 102 Å². The SMILES string of the molecule is CC.CCI.CCN(Cc1cncc(Br)c1C)C(=O)OC(C)(C)C.CCNCc1cncc(Br)c1C.COc1cncc(Br)c1C.Cc1c(Br)cncc1Br.[CH3-].[CH3-].[I][V]([I])[I].[I][V][I]. The van der Waals surface area contributed by atoms with Gasteiger partial charge in [-0.25, -0.2) is 4.79 Å². The summed E-state index contributed by atoms with van der Waals surface area (Å²) in [6.45, 7) is 26.8. The predicted molar refractivity (Wildman–Crippen MR) is 339 cm³/mol. The molecule has 1 N–H and O–H groups in total. The molecule has 0 unspecified atom stereocenters. The molecular formula is C42H64Br5I6N6O3V2-2. The van der Waals surface area contributed by atoms with E-state index in [1.54, 1.807) is 49.2 Å². The van der Waals surface area contributed by atoms with Crippen molar-refractivity contribution in [1.82, 2.24) is 30.2 Å². The molecule has 0 aliphatic rings. The van der Waals surface area contributed by atoms with E-state index >= 15 is 0 Å². The van der Waals surface area contributed by atoms with Crippen LogP contribution in [0.25, 0.3) is 0 Å². The van der Waals surface area contributed by atoms with Gasteiger partial charge >= 0.3 is 120 Å². The normalized spacial score (nSPS) is 9.27. The Hall–Kier alpha value is 3.58. The predicted octanol–water partition coefficient (Wildman–Crippen LogP) is 19.0. The third-order valence-electron chi connectivity index (χ3n) is 6.90. The zero-order chi connectivity index (χ0) is 49.0. The number of pyridine rings is 4. The van der Waals surface area contributed by atoms with E-state index in [1.807, 2.05) is 74.7 Å². The van der Waals surface area contributed by atoms with Crippen molar-refractivity contribution in [1.29, 1.82) is 0 Å². The number of methoxy groups -OCH3 is 1. The van der Waals surface area contributed by atoms with Crippen LogP contribution in [0.1, 0.15) is 88.8 Å². The number of nitrogens with one attached hydrogen (secondary N) is 1. The molecule has 0 aromatic carbocycles. The summed E-state index contributed by atoms with van der Waals surface area (Å²) in [5, 5.41) is 3.27. The van der Waals surface area contributed by atoms with E-state index in [4.69, 9.17) is 9.47 Å². The molecule has 0 bridgehead atoms. The number of ether oxygens (including phenoxy) is 2. The van der Waals surface area contributed by atoms with E-state index in [1.165, 1.54) is 21.1 Å². The summed E-state index contributed by atoms with van der Waals surface area (Å²) in [4.78, 5) is 29.6. The first-order chi connectivity index (χ1) is 29.0. The molecule has 22 heteroatoms. The Bertz CT molecular complexity index is 1750. The summed E-state index contributed by atoms with van der Waals surface area (Å²) >= 11 is 31.4. The summed E-state index contributed by atoms with van der Waals surface area (Å²) in [5.41, 5.74) is 6.42. The molecule has 0 saturated carbocycles. The number of hydrogen-bond acceptors (Lipinski definition) is 8. The van der Waals surface area contributed by atoms with Gasteiger partial charge in [-0.1, -0.05) is 50.3 Å². The fourth-order valence-electron chi connectivity index (χ4n) is 3.68. The number of hydrogen-bond donors (Lipinski definition) is 1. The second kappa shape index (κ2) is 50.1. The molecule has 0 aliphatic carbocycles. The Balaban J connectivity index is -0.000000164. The van der Waals surface area contributed by atoms with E-state index < -0.39 is 5.60 Å². The van der Waals surface area contributed by atoms with Crippen LogP contribution in [0.2, 0.25) is 0 Å². The van der Waals surface area contributed by atoms with Crippen molar-refractivity contribution in [2.75, 3.05) is 24.6 Å². The van der Waals surface area contributed by atoms with Gasteiger partial charge in [0.2, 0.25) is 0 Å². The van der Waals surface area contributed by atoms with Gasteiger partial charge in [0, 0.05) is 84.4 Å². The summed E-state index contributed by atoms with van der Waals surface area (Å²) in [7, 11) is 2.26. The third kappa shape index (κ3) is 42.1. The van der Waals surface area contributed by atoms with Crippen molar-refractivity contribution in [2.45, 2.75) is 102 Å². The zero-order valence-corrected chi connectivity index (χ0v) is 62.8. The van der Waals surface area contributed by atoms with Crippen LogP contribution < -0.4 is 10.1 Å². The molecule has 0 spiro atoms. The van der Waals surface area contributed by atoms with Crippen LogP contribution in [0.3, 0.4) is 0 Å². The molecule has 369 valence electrons. The van der Waals surface area contributed by atoms with Crippen LogP contribution in [0.4, 0.5) is 4.79 Å². The van der Waals surface area contributed by atoms with Crippen molar-refractivity contribution in [2.24, 2.45) is 0 Å². The standard InChI is InChI=1S/C14H21BrN2O2.C9H13BrN2.C7H8BrNO.C6H5Br2N.C2H5I.C2H6.2CH3.5HI.2V/c1-6-17(13(18)19-14(3,4)5)9-11-7-16-8-12(15)10(11)2;1-3-11-4-8-5-12-6-9(10)7(8)2;1-5-6(8)3-9-4-7(5)10-2;1-4-5(7)2-9-3-6(4)8;1-2-3;1-2;;;;;;;;;/h7-8H,6,9H2,1-5H3;5-6,11H,3-4H2,1-2H3;3-4H,1-2H3;2-3H,1H3;2H2,1H3;1-2H3;2*1H3;5*1H;;/q;;;;;;2*-1;;;;;;+2;+3/p-5. The molecular weight excluding hydrogens is 1900 g/mol. The molecule has 0 fully saturated rings. The summed E-state index contributed by atoms with van der Waals surface area (Å²) in [5.74, 6) is 0.814. The van der Waals surface area contributed by atoms with Crippen LogP contribution in [-0.2, 0) is 32.2 Å². The number of alkyl halides is 1. The monoisotopic (exact) mass is 1960 g/mol. The van der Waals surface area contributed by atoms with Crippen molar-refractivity contribution in [3.63, 3.8) is 0 Å². The number of aromatic nitrogens is 4. The number of nitrogens with zero attached hydrogens (tertiary/aromatic N) is 5. The van der Waals surface area contributed by atoms with E-state index in [9.17, 15) is 4.79 Å². The van der Waals surface area contributed by atoms with E-state index in [0.29, 0.717) is 22.6 Å². The average molecular weight is 1960 g/mol. The summed E-state index contributed by atoms with van der Waals surface area (Å²) < 4.78 is 16.7. The first kappa shape index (κ1) is 79.0. The molecule has 0 atom stereocenters. The maximum absolute atomic E-state index is 12.1. The van der Waals surface area contributed by atoms with Gasteiger partial charge in [-0.15, -0.1) is 0 Å². The van der Waals surface area contributed by atoms with Crippen LogP contribution in [0.5, 0.6) is 5.75 Å². The van der Waals surface area contributed by atoms with Crippen LogP contribution in [-0.4, -0.2) is 61.2 Å². The average Bonchev–Trinajstić information content (AvgIpc) is 3.20. The molecule has 0 radical (unpaired) electrons. The van der Waals surface area contributed by atoms with Gasteiger partial charge in [0.25, 0.3) is 0 Å². The number of rotatable bonds is 7. The van der Waals surface area contributed by atoms with Gasteiger partial charge in [0.05, 0.1) is 19.9 Å². The fraction of sp³-hybridized carbons (Fsp3) is 0.452. The Labute approximate surface area is 510 Å². The van der Waals surface area contributed by atoms with E-state index in [2.05, 4.69) is 248 Å². The van der Waals surface area contributed by atoms with Crippen molar-refractivity contribution < 1.29 is 28.7 Å². The number of amides is 1. The first-order valence-corrected chi connectivity index (χ1v) is 46.6. The Morgan fingerprint density at radius 2 is 1.03 bits per heavy atom. The van der Waals surface area contributed by atoms with Gasteiger partial charge < -0.3 is 34.5 Å². The van der Waals surface area contributed by atoms with Crippen molar-refractivity contribution >= 4 is 208 Å². The quantitative estimate of drug-likeness (QED) is 0.111. The number of carbonyl (C=O) groups is 1. The molecule has 4 heterocycles. The minimum atomic E-state index is -0.477. The molecule has 0 saturated heterocycles.